The zero-order chi connectivity index (χ0) is 14.3. The Balaban J connectivity index is 1.85. The number of allylic oxidation sites excluding steroid dienone is 2. The normalized spacial score (nSPS) is 30.7. The third-order valence-electron chi connectivity index (χ3n) is 6.04. The third kappa shape index (κ3) is 4.09. The second-order valence-corrected chi connectivity index (χ2v) is 7.25. The maximum absolute atomic E-state index is 12.1. The minimum absolute atomic E-state index is 0.297. The monoisotopic (exact) mass is 280 g/mol. The Morgan fingerprint density at radius 1 is 1.00 bits per heavy atom. The molecule has 0 nitrogen and oxygen atoms in total. The zero-order valence-corrected chi connectivity index (χ0v) is 13.4. The van der Waals surface area contributed by atoms with Gasteiger partial charge < -0.3 is 0 Å². The van der Waals surface area contributed by atoms with Crippen LogP contribution in [0.2, 0.25) is 0 Å². The highest BCUT2D eigenvalue weighted by Crippen LogP contribution is 2.52. The van der Waals surface area contributed by atoms with Crippen molar-refractivity contribution < 1.29 is 4.39 Å². The molecule has 2 rings (SSSR count). The van der Waals surface area contributed by atoms with E-state index in [0.29, 0.717) is 5.41 Å². The van der Waals surface area contributed by atoms with Crippen LogP contribution in [0, 0.1) is 17.3 Å². The Bertz CT molecular complexity index is 275. The Hall–Kier alpha value is -0.330. The molecule has 0 spiro atoms. The Morgan fingerprint density at radius 3 is 2.30 bits per heavy atom. The summed E-state index contributed by atoms with van der Waals surface area (Å²) in [6.07, 6.45) is 20.7. The summed E-state index contributed by atoms with van der Waals surface area (Å²) in [5.41, 5.74) is 0.701. The zero-order valence-electron chi connectivity index (χ0n) is 13.4. The van der Waals surface area contributed by atoms with Gasteiger partial charge in [-0.05, 0) is 68.6 Å². The van der Waals surface area contributed by atoms with E-state index in [9.17, 15) is 4.39 Å². The van der Waals surface area contributed by atoms with E-state index < -0.39 is 0 Å². The molecule has 0 N–H and O–H groups in total. The van der Waals surface area contributed by atoms with E-state index in [1.54, 1.807) is 6.08 Å². The third-order valence-corrected chi connectivity index (χ3v) is 6.04. The molecule has 0 aliphatic heterocycles. The van der Waals surface area contributed by atoms with E-state index in [4.69, 9.17) is 0 Å². The molecule has 2 saturated carbocycles. The minimum Gasteiger partial charge on any atom is -0.247 e. The van der Waals surface area contributed by atoms with Gasteiger partial charge in [0, 0.05) is 0 Å². The van der Waals surface area contributed by atoms with E-state index in [1.165, 1.54) is 70.6 Å². The molecular formula is C19H33F. The first-order chi connectivity index (χ1) is 9.80. The van der Waals surface area contributed by atoms with Crippen molar-refractivity contribution in [1.82, 2.24) is 0 Å². The van der Waals surface area contributed by atoms with E-state index in [1.807, 2.05) is 0 Å². The van der Waals surface area contributed by atoms with Crippen molar-refractivity contribution >= 4 is 0 Å². The molecule has 2 aliphatic rings. The second-order valence-electron chi connectivity index (χ2n) is 7.25. The number of hydrogen-bond acceptors (Lipinski definition) is 0. The molecule has 2 fully saturated rings. The highest BCUT2D eigenvalue weighted by atomic mass is 19.1. The van der Waals surface area contributed by atoms with Gasteiger partial charge in [-0.3, -0.25) is 0 Å². The molecule has 20 heavy (non-hydrogen) atoms. The summed E-state index contributed by atoms with van der Waals surface area (Å²) in [5.74, 6) is 1.82. The van der Waals surface area contributed by atoms with Gasteiger partial charge in [-0.15, -0.1) is 0 Å². The van der Waals surface area contributed by atoms with Crippen molar-refractivity contribution in [1.29, 1.82) is 0 Å². The van der Waals surface area contributed by atoms with Gasteiger partial charge in [-0.2, -0.15) is 0 Å². The summed E-state index contributed by atoms with van der Waals surface area (Å²) in [7, 11) is 0. The molecule has 116 valence electrons. The first-order valence-corrected chi connectivity index (χ1v) is 9.01. The summed E-state index contributed by atoms with van der Waals surface area (Å²) in [6.45, 7) is 2.07. The maximum atomic E-state index is 12.1. The van der Waals surface area contributed by atoms with Crippen LogP contribution in [0.4, 0.5) is 4.39 Å². The SMILES string of the molecule is CCCC1(C2CCC(C/C=C/CF)CC2)CCCCC1. The lowest BCUT2D eigenvalue weighted by molar-refractivity contribution is 0.0458. The molecule has 0 amide bonds. The van der Waals surface area contributed by atoms with Gasteiger partial charge >= 0.3 is 0 Å². The van der Waals surface area contributed by atoms with Crippen LogP contribution in [0.25, 0.3) is 0 Å². The summed E-state index contributed by atoms with van der Waals surface area (Å²) in [4.78, 5) is 0. The van der Waals surface area contributed by atoms with Crippen LogP contribution in [-0.4, -0.2) is 6.67 Å². The van der Waals surface area contributed by atoms with Gasteiger partial charge in [0.15, 0.2) is 0 Å². The van der Waals surface area contributed by atoms with Crippen LogP contribution in [0.15, 0.2) is 12.2 Å². The van der Waals surface area contributed by atoms with Gasteiger partial charge in [-0.25, -0.2) is 4.39 Å². The van der Waals surface area contributed by atoms with Crippen molar-refractivity contribution in [3.05, 3.63) is 12.2 Å². The lowest BCUT2D eigenvalue weighted by Crippen LogP contribution is -2.35. The average Bonchev–Trinajstić information content (AvgIpc) is 2.49. The van der Waals surface area contributed by atoms with Crippen molar-refractivity contribution in [2.24, 2.45) is 17.3 Å². The average molecular weight is 280 g/mol. The Labute approximate surface area is 125 Å². The van der Waals surface area contributed by atoms with Gasteiger partial charge in [0.25, 0.3) is 0 Å². The van der Waals surface area contributed by atoms with Gasteiger partial charge in [0.05, 0.1) is 0 Å². The highest BCUT2D eigenvalue weighted by molar-refractivity contribution is 4.93. The molecule has 0 aromatic carbocycles. The number of rotatable bonds is 6. The predicted octanol–water partition coefficient (Wildman–Crippen LogP) is 6.46. The summed E-state index contributed by atoms with van der Waals surface area (Å²) in [6, 6.07) is 0. The molecule has 0 radical (unpaired) electrons. The first kappa shape index (κ1) is 16.0. The van der Waals surface area contributed by atoms with Crippen LogP contribution in [0.1, 0.15) is 84.0 Å². The second kappa shape index (κ2) is 8.20. The lowest BCUT2D eigenvalue weighted by Gasteiger charge is -2.47. The number of alkyl halides is 1. The minimum atomic E-state index is -0.297. The number of hydrogen-bond donors (Lipinski definition) is 0. The molecule has 0 bridgehead atoms. The van der Waals surface area contributed by atoms with Crippen molar-refractivity contribution in [2.45, 2.75) is 84.0 Å². The van der Waals surface area contributed by atoms with Gasteiger partial charge in [0.2, 0.25) is 0 Å². The smallest absolute Gasteiger partial charge is 0.108 e. The van der Waals surface area contributed by atoms with Crippen LogP contribution in [0.3, 0.4) is 0 Å². The fourth-order valence-electron chi connectivity index (χ4n) is 4.98. The Kier molecular flexibility index (Phi) is 6.58. The fraction of sp³-hybridized carbons (Fsp3) is 0.895. The van der Waals surface area contributed by atoms with Gasteiger partial charge in [-0.1, -0.05) is 44.8 Å². The quantitative estimate of drug-likeness (QED) is 0.490. The molecule has 0 saturated heterocycles. The molecular weight excluding hydrogens is 247 g/mol. The molecule has 2 aliphatic carbocycles. The number of halogens is 1. The van der Waals surface area contributed by atoms with Crippen molar-refractivity contribution in [3.63, 3.8) is 0 Å². The van der Waals surface area contributed by atoms with E-state index in [0.717, 1.165) is 18.3 Å². The lowest BCUT2D eigenvalue weighted by atomic mass is 9.59. The topological polar surface area (TPSA) is 0 Å². The van der Waals surface area contributed by atoms with E-state index in [-0.39, 0.29) is 6.67 Å². The molecule has 0 unspecified atom stereocenters. The predicted molar refractivity (Wildman–Crippen MR) is 85.6 cm³/mol. The maximum Gasteiger partial charge on any atom is 0.108 e. The largest absolute Gasteiger partial charge is 0.247 e. The highest BCUT2D eigenvalue weighted by Gasteiger charge is 2.40. The Morgan fingerprint density at radius 2 is 1.70 bits per heavy atom. The van der Waals surface area contributed by atoms with Crippen LogP contribution >= 0.6 is 0 Å². The first-order valence-electron chi connectivity index (χ1n) is 9.01. The summed E-state index contributed by atoms with van der Waals surface area (Å²) >= 11 is 0. The molecule has 1 heteroatoms. The summed E-state index contributed by atoms with van der Waals surface area (Å²) in [5, 5.41) is 0. The van der Waals surface area contributed by atoms with Crippen molar-refractivity contribution in [2.75, 3.05) is 6.67 Å². The molecule has 0 heterocycles. The van der Waals surface area contributed by atoms with Crippen molar-refractivity contribution in [3.8, 4) is 0 Å². The van der Waals surface area contributed by atoms with Crippen LogP contribution in [0.5, 0.6) is 0 Å². The molecule has 0 atom stereocenters. The standard InChI is InChI=1S/C19H33F/c1-2-13-19(14-5-3-6-15-19)18-11-9-17(10-12-18)8-4-7-16-20/h4,7,17-18H,2-3,5-6,8-16H2,1H3/b7-4+. The molecule has 0 aromatic rings. The van der Waals surface area contributed by atoms with Gasteiger partial charge in [0.1, 0.15) is 6.67 Å². The van der Waals surface area contributed by atoms with Crippen LogP contribution < -0.4 is 0 Å². The summed E-state index contributed by atoms with van der Waals surface area (Å²) < 4.78 is 12.1. The fourth-order valence-corrected chi connectivity index (χ4v) is 4.98. The van der Waals surface area contributed by atoms with Crippen LogP contribution in [-0.2, 0) is 0 Å². The van der Waals surface area contributed by atoms with E-state index in [2.05, 4.69) is 13.0 Å². The molecule has 0 aromatic heterocycles. The van der Waals surface area contributed by atoms with E-state index >= 15 is 0 Å².